The number of aromatic nitrogens is 2. The zero-order chi connectivity index (χ0) is 15.5. The summed E-state index contributed by atoms with van der Waals surface area (Å²) in [6.45, 7) is 6.61. The van der Waals surface area contributed by atoms with Gasteiger partial charge in [-0.15, -0.1) is 0 Å². The van der Waals surface area contributed by atoms with Gasteiger partial charge in [0.05, 0.1) is 13.7 Å². The Hall–Kier alpha value is -2.05. The van der Waals surface area contributed by atoms with Gasteiger partial charge in [-0.3, -0.25) is 0 Å². The summed E-state index contributed by atoms with van der Waals surface area (Å²) in [4.78, 5) is 21.7. The quantitative estimate of drug-likeness (QED) is 0.847. The number of likely N-dealkylation sites (tertiary alicyclic amines) is 1. The molecule has 1 aliphatic heterocycles. The summed E-state index contributed by atoms with van der Waals surface area (Å²) in [6, 6.07) is 0. The van der Waals surface area contributed by atoms with E-state index in [1.165, 1.54) is 13.3 Å². The average molecular weight is 295 g/mol. The van der Waals surface area contributed by atoms with Crippen LogP contribution in [0.5, 0.6) is 11.8 Å². The second kappa shape index (κ2) is 6.15. The molecule has 7 heteroatoms. The lowest BCUT2D eigenvalue weighted by Gasteiger charge is -2.24. The molecule has 0 aromatic carbocycles. The Balaban J connectivity index is 1.92. The maximum Gasteiger partial charge on any atom is 0.410 e. The van der Waals surface area contributed by atoms with Crippen LogP contribution in [-0.4, -0.2) is 52.9 Å². The van der Waals surface area contributed by atoms with E-state index in [1.54, 1.807) is 11.1 Å². The molecule has 1 aliphatic rings. The summed E-state index contributed by atoms with van der Waals surface area (Å²) < 4.78 is 16.2. The van der Waals surface area contributed by atoms with Gasteiger partial charge >= 0.3 is 6.09 Å². The summed E-state index contributed by atoms with van der Waals surface area (Å²) in [6.07, 6.45) is 3.34. The van der Waals surface area contributed by atoms with Crippen molar-refractivity contribution in [3.8, 4) is 11.8 Å². The summed E-state index contributed by atoms with van der Waals surface area (Å²) >= 11 is 0. The minimum Gasteiger partial charge on any atom is -0.477 e. The molecule has 0 spiro atoms. The number of hydrogen-bond donors (Lipinski definition) is 0. The van der Waals surface area contributed by atoms with E-state index in [-0.39, 0.29) is 12.2 Å². The van der Waals surface area contributed by atoms with Crippen LogP contribution in [0.1, 0.15) is 27.2 Å². The Morgan fingerprint density at radius 1 is 1.29 bits per heavy atom. The number of rotatable bonds is 3. The molecule has 1 unspecified atom stereocenters. The lowest BCUT2D eigenvalue weighted by atomic mass is 10.2. The number of ether oxygens (including phenoxy) is 3. The van der Waals surface area contributed by atoms with Crippen LogP contribution in [0.4, 0.5) is 4.79 Å². The molecule has 2 heterocycles. The van der Waals surface area contributed by atoms with Crippen LogP contribution < -0.4 is 9.47 Å². The molecule has 1 amide bonds. The zero-order valence-electron chi connectivity index (χ0n) is 12.8. The fourth-order valence-corrected chi connectivity index (χ4v) is 2.01. The van der Waals surface area contributed by atoms with E-state index in [1.807, 2.05) is 20.8 Å². The Kier molecular flexibility index (Phi) is 4.50. The molecule has 1 aromatic rings. The highest BCUT2D eigenvalue weighted by atomic mass is 16.6. The second-order valence-electron chi connectivity index (χ2n) is 5.83. The molecular formula is C14H21N3O4. The molecule has 0 bridgehead atoms. The number of amides is 1. The maximum atomic E-state index is 12.0. The molecule has 116 valence electrons. The highest BCUT2D eigenvalue weighted by Crippen LogP contribution is 2.24. The fraction of sp³-hybridized carbons (Fsp3) is 0.643. The third kappa shape index (κ3) is 4.21. The first-order valence-electron chi connectivity index (χ1n) is 6.88. The number of carbonyl (C=O) groups excluding carboxylic acids is 1. The van der Waals surface area contributed by atoms with E-state index in [4.69, 9.17) is 14.2 Å². The number of hydrogen-bond acceptors (Lipinski definition) is 6. The minimum atomic E-state index is -0.496. The van der Waals surface area contributed by atoms with Crippen molar-refractivity contribution < 1.29 is 19.0 Å². The smallest absolute Gasteiger partial charge is 0.410 e. The van der Waals surface area contributed by atoms with Crippen LogP contribution >= 0.6 is 0 Å². The van der Waals surface area contributed by atoms with Crippen molar-refractivity contribution in [3.63, 3.8) is 0 Å². The Labute approximate surface area is 124 Å². The molecule has 1 saturated heterocycles. The van der Waals surface area contributed by atoms with Crippen LogP contribution in [0.2, 0.25) is 0 Å². The first kappa shape index (κ1) is 15.3. The lowest BCUT2D eigenvalue weighted by Crippen LogP contribution is -2.36. The Morgan fingerprint density at radius 2 is 1.95 bits per heavy atom. The van der Waals surface area contributed by atoms with Gasteiger partial charge in [0.2, 0.25) is 0 Å². The van der Waals surface area contributed by atoms with E-state index in [9.17, 15) is 4.79 Å². The van der Waals surface area contributed by atoms with E-state index >= 15 is 0 Å². The van der Waals surface area contributed by atoms with Gasteiger partial charge in [0.15, 0.2) is 0 Å². The molecule has 0 radical (unpaired) electrons. The summed E-state index contributed by atoms with van der Waals surface area (Å²) in [5.74, 6) is 0.684. The Bertz CT molecular complexity index is 501. The molecule has 0 saturated carbocycles. The van der Waals surface area contributed by atoms with Gasteiger partial charge in [-0.05, 0) is 20.8 Å². The van der Waals surface area contributed by atoms with Crippen LogP contribution in [0, 0.1) is 0 Å². The predicted octanol–water partition coefficient (Wildman–Crippen LogP) is 1.87. The highest BCUT2D eigenvalue weighted by molar-refractivity contribution is 5.68. The minimum absolute atomic E-state index is 0.136. The molecular weight excluding hydrogens is 274 g/mol. The predicted molar refractivity (Wildman–Crippen MR) is 75.4 cm³/mol. The maximum absolute atomic E-state index is 12.0. The standard InChI is InChI=1S/C14H21N3O4/c1-14(2,3)21-13(18)17-8-5-10(9-17)20-12-11(19-4)15-6-7-16-12/h6-7,10H,5,8-9H2,1-4H3. The van der Waals surface area contributed by atoms with Crippen LogP contribution in [0.15, 0.2) is 12.4 Å². The van der Waals surface area contributed by atoms with Gasteiger partial charge < -0.3 is 19.1 Å². The van der Waals surface area contributed by atoms with Crippen molar-refractivity contribution in [2.75, 3.05) is 20.2 Å². The molecule has 0 N–H and O–H groups in total. The third-order valence-corrected chi connectivity index (χ3v) is 2.90. The van der Waals surface area contributed by atoms with Gasteiger partial charge in [-0.1, -0.05) is 0 Å². The lowest BCUT2D eigenvalue weighted by molar-refractivity contribution is 0.0274. The topological polar surface area (TPSA) is 73.8 Å². The molecule has 2 rings (SSSR count). The summed E-state index contributed by atoms with van der Waals surface area (Å²) in [5.41, 5.74) is -0.496. The van der Waals surface area contributed by atoms with Gasteiger partial charge in [0.25, 0.3) is 11.8 Å². The van der Waals surface area contributed by atoms with E-state index in [0.29, 0.717) is 24.8 Å². The normalized spacial score (nSPS) is 18.5. The van der Waals surface area contributed by atoms with Gasteiger partial charge in [0.1, 0.15) is 11.7 Å². The van der Waals surface area contributed by atoms with Crippen LogP contribution in [0.25, 0.3) is 0 Å². The Morgan fingerprint density at radius 3 is 2.57 bits per heavy atom. The molecule has 21 heavy (non-hydrogen) atoms. The van der Waals surface area contributed by atoms with Crippen LogP contribution in [-0.2, 0) is 4.74 Å². The monoisotopic (exact) mass is 295 g/mol. The molecule has 7 nitrogen and oxygen atoms in total. The van der Waals surface area contributed by atoms with Crippen molar-refractivity contribution >= 4 is 6.09 Å². The summed E-state index contributed by atoms with van der Waals surface area (Å²) in [5, 5.41) is 0. The van der Waals surface area contributed by atoms with Crippen molar-refractivity contribution in [1.29, 1.82) is 0 Å². The SMILES string of the molecule is COc1nccnc1OC1CCN(C(=O)OC(C)(C)C)C1. The van der Waals surface area contributed by atoms with E-state index in [0.717, 1.165) is 6.42 Å². The molecule has 1 fully saturated rings. The average Bonchev–Trinajstić information content (AvgIpc) is 2.86. The van der Waals surface area contributed by atoms with Gasteiger partial charge in [0, 0.05) is 25.4 Å². The summed E-state index contributed by atoms with van der Waals surface area (Å²) in [7, 11) is 1.51. The highest BCUT2D eigenvalue weighted by Gasteiger charge is 2.31. The van der Waals surface area contributed by atoms with Crippen molar-refractivity contribution in [2.24, 2.45) is 0 Å². The molecule has 1 aromatic heterocycles. The second-order valence-corrected chi connectivity index (χ2v) is 5.83. The largest absolute Gasteiger partial charge is 0.477 e. The first-order valence-corrected chi connectivity index (χ1v) is 6.88. The zero-order valence-corrected chi connectivity index (χ0v) is 12.8. The molecule has 0 aliphatic carbocycles. The van der Waals surface area contributed by atoms with Crippen molar-refractivity contribution in [1.82, 2.24) is 14.9 Å². The fourth-order valence-electron chi connectivity index (χ4n) is 2.01. The van der Waals surface area contributed by atoms with Crippen LogP contribution in [0.3, 0.4) is 0 Å². The van der Waals surface area contributed by atoms with Gasteiger partial charge in [-0.25, -0.2) is 14.8 Å². The third-order valence-electron chi connectivity index (χ3n) is 2.90. The number of carbonyl (C=O) groups is 1. The van der Waals surface area contributed by atoms with Crippen molar-refractivity contribution in [2.45, 2.75) is 38.9 Å². The van der Waals surface area contributed by atoms with E-state index in [2.05, 4.69) is 9.97 Å². The van der Waals surface area contributed by atoms with Crippen molar-refractivity contribution in [3.05, 3.63) is 12.4 Å². The van der Waals surface area contributed by atoms with E-state index < -0.39 is 5.60 Å². The first-order chi connectivity index (χ1) is 9.89. The molecule has 1 atom stereocenters. The number of methoxy groups -OCH3 is 1. The number of nitrogens with zero attached hydrogens (tertiary/aromatic N) is 3. The van der Waals surface area contributed by atoms with Gasteiger partial charge in [-0.2, -0.15) is 0 Å².